The van der Waals surface area contributed by atoms with Gasteiger partial charge in [0.1, 0.15) is 18.5 Å². The standard InChI is InChI=1S/C17H16O3/c18-17-16(13-7-3-1-4-8-13)11-15(20-17)12-19-14-9-5-2-6-10-14/h1-10,15-16H,11-12H2. The van der Waals surface area contributed by atoms with Gasteiger partial charge in [0.2, 0.25) is 0 Å². The second kappa shape index (κ2) is 5.78. The van der Waals surface area contributed by atoms with Gasteiger partial charge < -0.3 is 9.47 Å². The highest BCUT2D eigenvalue weighted by Crippen LogP contribution is 2.30. The van der Waals surface area contributed by atoms with E-state index in [0.717, 1.165) is 11.3 Å². The van der Waals surface area contributed by atoms with Gasteiger partial charge in [0.25, 0.3) is 0 Å². The lowest BCUT2D eigenvalue weighted by atomic mass is 9.96. The molecule has 0 saturated carbocycles. The van der Waals surface area contributed by atoms with Crippen molar-refractivity contribution in [2.75, 3.05) is 6.61 Å². The van der Waals surface area contributed by atoms with Crippen LogP contribution in [-0.4, -0.2) is 18.7 Å². The Kier molecular flexibility index (Phi) is 3.68. The lowest BCUT2D eigenvalue weighted by Gasteiger charge is -2.10. The van der Waals surface area contributed by atoms with Crippen LogP contribution in [0.15, 0.2) is 60.7 Å². The van der Waals surface area contributed by atoms with Crippen molar-refractivity contribution in [3.8, 4) is 5.75 Å². The van der Waals surface area contributed by atoms with E-state index in [2.05, 4.69) is 0 Å². The Bertz CT molecular complexity index is 565. The number of hydrogen-bond donors (Lipinski definition) is 0. The van der Waals surface area contributed by atoms with Crippen molar-refractivity contribution in [3.05, 3.63) is 66.2 Å². The fraction of sp³-hybridized carbons (Fsp3) is 0.235. The molecule has 0 amide bonds. The molecular formula is C17H16O3. The van der Waals surface area contributed by atoms with Crippen LogP contribution in [0.25, 0.3) is 0 Å². The summed E-state index contributed by atoms with van der Waals surface area (Å²) in [6.07, 6.45) is 0.503. The largest absolute Gasteiger partial charge is 0.490 e. The van der Waals surface area contributed by atoms with E-state index >= 15 is 0 Å². The van der Waals surface area contributed by atoms with Crippen molar-refractivity contribution in [1.29, 1.82) is 0 Å². The zero-order chi connectivity index (χ0) is 13.8. The molecule has 1 saturated heterocycles. The van der Waals surface area contributed by atoms with Crippen molar-refractivity contribution in [3.63, 3.8) is 0 Å². The molecule has 1 heterocycles. The highest BCUT2D eigenvalue weighted by atomic mass is 16.6. The minimum absolute atomic E-state index is 0.155. The zero-order valence-corrected chi connectivity index (χ0v) is 11.1. The fourth-order valence-electron chi connectivity index (χ4n) is 2.42. The second-order valence-electron chi connectivity index (χ2n) is 4.88. The number of carbonyl (C=O) groups excluding carboxylic acids is 1. The molecule has 3 heteroatoms. The minimum atomic E-state index is -0.173. The molecule has 1 aliphatic rings. The van der Waals surface area contributed by atoms with Crippen LogP contribution in [-0.2, 0) is 9.53 Å². The molecule has 1 aliphatic heterocycles. The summed E-state index contributed by atoms with van der Waals surface area (Å²) in [6.45, 7) is 0.402. The maximum atomic E-state index is 11.9. The third-order valence-corrected chi connectivity index (χ3v) is 3.45. The summed E-state index contributed by atoms with van der Waals surface area (Å²) < 4.78 is 11.0. The Hall–Kier alpha value is -2.29. The van der Waals surface area contributed by atoms with Crippen molar-refractivity contribution in [2.45, 2.75) is 18.4 Å². The van der Waals surface area contributed by atoms with Gasteiger partial charge in [-0.25, -0.2) is 0 Å². The van der Waals surface area contributed by atoms with Gasteiger partial charge in [-0.1, -0.05) is 48.5 Å². The topological polar surface area (TPSA) is 35.5 Å². The summed E-state index contributed by atoms with van der Waals surface area (Å²) in [5, 5.41) is 0. The maximum absolute atomic E-state index is 11.9. The Morgan fingerprint density at radius 2 is 1.65 bits per heavy atom. The van der Waals surface area contributed by atoms with Gasteiger partial charge in [-0.3, -0.25) is 4.79 Å². The lowest BCUT2D eigenvalue weighted by Crippen LogP contribution is -2.17. The Labute approximate surface area is 118 Å². The van der Waals surface area contributed by atoms with Crippen LogP contribution in [0, 0.1) is 0 Å². The third-order valence-electron chi connectivity index (χ3n) is 3.45. The number of cyclic esters (lactones) is 1. The first-order valence-electron chi connectivity index (χ1n) is 6.76. The summed E-state index contributed by atoms with van der Waals surface area (Å²) in [5.41, 5.74) is 1.01. The van der Waals surface area contributed by atoms with E-state index in [4.69, 9.17) is 9.47 Å². The highest BCUT2D eigenvalue weighted by Gasteiger charge is 2.35. The molecule has 0 bridgehead atoms. The Balaban J connectivity index is 1.60. The van der Waals surface area contributed by atoms with Crippen molar-refractivity contribution >= 4 is 5.97 Å². The summed E-state index contributed by atoms with van der Waals surface area (Å²) in [4.78, 5) is 11.9. The van der Waals surface area contributed by atoms with Crippen LogP contribution in [0.4, 0.5) is 0 Å². The highest BCUT2D eigenvalue weighted by molar-refractivity contribution is 5.80. The van der Waals surface area contributed by atoms with E-state index in [-0.39, 0.29) is 18.0 Å². The summed E-state index contributed by atoms with van der Waals surface area (Å²) in [6, 6.07) is 19.3. The van der Waals surface area contributed by atoms with Gasteiger partial charge in [0, 0.05) is 6.42 Å². The normalized spacial score (nSPS) is 21.5. The van der Waals surface area contributed by atoms with E-state index in [1.54, 1.807) is 0 Å². The molecule has 102 valence electrons. The molecule has 0 aromatic heterocycles. The summed E-state index contributed by atoms with van der Waals surface area (Å²) in [5.74, 6) is 0.477. The van der Waals surface area contributed by atoms with Crippen LogP contribution in [0.2, 0.25) is 0 Å². The quantitative estimate of drug-likeness (QED) is 0.799. The molecule has 0 spiro atoms. The van der Waals surface area contributed by atoms with Crippen molar-refractivity contribution < 1.29 is 14.3 Å². The van der Waals surface area contributed by atoms with Gasteiger partial charge >= 0.3 is 5.97 Å². The summed E-state index contributed by atoms with van der Waals surface area (Å²) >= 11 is 0. The van der Waals surface area contributed by atoms with Gasteiger partial charge in [0.15, 0.2) is 0 Å². The van der Waals surface area contributed by atoms with Crippen LogP contribution < -0.4 is 4.74 Å². The molecule has 0 aliphatic carbocycles. The number of benzene rings is 2. The number of rotatable bonds is 4. The molecule has 3 nitrogen and oxygen atoms in total. The zero-order valence-electron chi connectivity index (χ0n) is 11.1. The van der Waals surface area contributed by atoms with E-state index in [1.807, 2.05) is 60.7 Å². The molecule has 0 radical (unpaired) electrons. The SMILES string of the molecule is O=C1OC(COc2ccccc2)CC1c1ccccc1. The number of hydrogen-bond acceptors (Lipinski definition) is 3. The predicted octanol–water partition coefficient (Wildman–Crippen LogP) is 3.16. The minimum Gasteiger partial charge on any atom is -0.490 e. The van der Waals surface area contributed by atoms with E-state index in [9.17, 15) is 4.79 Å². The Morgan fingerprint density at radius 3 is 2.35 bits per heavy atom. The molecule has 2 aromatic rings. The van der Waals surface area contributed by atoms with Crippen LogP contribution in [0.1, 0.15) is 17.9 Å². The van der Waals surface area contributed by atoms with Crippen LogP contribution in [0.3, 0.4) is 0 Å². The molecular weight excluding hydrogens is 252 g/mol. The van der Waals surface area contributed by atoms with Gasteiger partial charge in [-0.2, -0.15) is 0 Å². The van der Waals surface area contributed by atoms with Crippen molar-refractivity contribution in [2.24, 2.45) is 0 Å². The number of esters is 1. The van der Waals surface area contributed by atoms with E-state index < -0.39 is 0 Å². The van der Waals surface area contributed by atoms with Gasteiger partial charge in [0.05, 0.1) is 5.92 Å². The average molecular weight is 268 g/mol. The monoisotopic (exact) mass is 268 g/mol. The molecule has 2 unspecified atom stereocenters. The first-order valence-corrected chi connectivity index (χ1v) is 6.76. The fourth-order valence-corrected chi connectivity index (χ4v) is 2.42. The second-order valence-corrected chi connectivity index (χ2v) is 4.88. The molecule has 2 aromatic carbocycles. The van der Waals surface area contributed by atoms with E-state index in [1.165, 1.54) is 0 Å². The van der Waals surface area contributed by atoms with Crippen LogP contribution in [0.5, 0.6) is 5.75 Å². The Morgan fingerprint density at radius 1 is 1.00 bits per heavy atom. The van der Waals surface area contributed by atoms with Gasteiger partial charge in [-0.05, 0) is 17.7 Å². The van der Waals surface area contributed by atoms with Gasteiger partial charge in [-0.15, -0.1) is 0 Å². The maximum Gasteiger partial charge on any atom is 0.313 e. The van der Waals surface area contributed by atoms with E-state index in [0.29, 0.717) is 13.0 Å². The lowest BCUT2D eigenvalue weighted by molar-refractivity contribution is -0.143. The van der Waals surface area contributed by atoms with Crippen LogP contribution >= 0.6 is 0 Å². The molecule has 0 N–H and O–H groups in total. The molecule has 20 heavy (non-hydrogen) atoms. The predicted molar refractivity (Wildman–Crippen MR) is 75.6 cm³/mol. The number of ether oxygens (including phenoxy) is 2. The van der Waals surface area contributed by atoms with Crippen molar-refractivity contribution in [1.82, 2.24) is 0 Å². The first kappa shape index (κ1) is 12.7. The molecule has 1 fully saturated rings. The number of carbonyl (C=O) groups is 1. The molecule has 2 atom stereocenters. The average Bonchev–Trinajstić information content (AvgIpc) is 2.88. The molecule has 3 rings (SSSR count). The summed E-state index contributed by atoms with van der Waals surface area (Å²) in [7, 11) is 0. The smallest absolute Gasteiger partial charge is 0.313 e. The number of para-hydroxylation sites is 1. The third kappa shape index (κ3) is 2.82. The first-order chi connectivity index (χ1) is 9.83.